The molecule has 2 amide bonds. The normalized spacial score (nSPS) is 15.4. The number of rotatable bonds is 6. The van der Waals surface area contributed by atoms with Crippen molar-refractivity contribution in [2.24, 2.45) is 0 Å². The molecule has 1 aliphatic rings. The molecule has 0 bridgehead atoms. The van der Waals surface area contributed by atoms with E-state index < -0.39 is 0 Å². The highest BCUT2D eigenvalue weighted by Crippen LogP contribution is 2.32. The number of hydrogen-bond acceptors (Lipinski definition) is 3. The third-order valence-corrected chi connectivity index (χ3v) is 3.56. The lowest BCUT2D eigenvalue weighted by molar-refractivity contribution is 0.0648. The zero-order valence-electron chi connectivity index (χ0n) is 12.1. The van der Waals surface area contributed by atoms with Crippen LogP contribution in [0.5, 0.6) is 5.75 Å². The molecular weight excluding hydrogens is 268 g/mol. The minimum atomic E-state index is -0.261. The lowest BCUT2D eigenvalue weighted by Crippen LogP contribution is -2.57. The van der Waals surface area contributed by atoms with Gasteiger partial charge in [0.1, 0.15) is 12.4 Å². The number of ether oxygens (including phenoxy) is 2. The Balaban J connectivity index is 1.98. The number of hydrogen-bond donors (Lipinski definition) is 2. The number of terminal acetylenes is 1. The smallest absolute Gasteiger partial charge is 0.319 e. The monoisotopic (exact) mass is 288 g/mol. The molecule has 1 saturated carbocycles. The zero-order valence-corrected chi connectivity index (χ0v) is 12.1. The second-order valence-electron chi connectivity index (χ2n) is 5.13. The van der Waals surface area contributed by atoms with Crippen molar-refractivity contribution in [3.05, 3.63) is 24.3 Å². The first-order valence-electron chi connectivity index (χ1n) is 6.92. The summed E-state index contributed by atoms with van der Waals surface area (Å²) in [5, 5.41) is 5.79. The van der Waals surface area contributed by atoms with Crippen molar-refractivity contribution in [3.8, 4) is 18.1 Å². The average molecular weight is 288 g/mol. The third kappa shape index (κ3) is 3.89. The largest absolute Gasteiger partial charge is 0.479 e. The first-order chi connectivity index (χ1) is 10.2. The second kappa shape index (κ2) is 7.00. The van der Waals surface area contributed by atoms with Gasteiger partial charge in [0.25, 0.3) is 0 Å². The predicted octanol–water partition coefficient (Wildman–Crippen LogP) is 2.39. The first kappa shape index (κ1) is 15.2. The van der Waals surface area contributed by atoms with Crippen molar-refractivity contribution in [2.75, 3.05) is 25.6 Å². The van der Waals surface area contributed by atoms with Crippen LogP contribution in [-0.2, 0) is 4.74 Å². The molecule has 0 atom stereocenters. The number of anilines is 1. The molecule has 0 aromatic heterocycles. The van der Waals surface area contributed by atoms with Gasteiger partial charge in [-0.15, -0.1) is 6.42 Å². The van der Waals surface area contributed by atoms with E-state index in [9.17, 15) is 4.79 Å². The number of methoxy groups -OCH3 is 1. The van der Waals surface area contributed by atoms with E-state index in [1.807, 2.05) is 12.1 Å². The van der Waals surface area contributed by atoms with E-state index in [-0.39, 0.29) is 18.2 Å². The molecule has 21 heavy (non-hydrogen) atoms. The highest BCUT2D eigenvalue weighted by atomic mass is 16.5. The van der Waals surface area contributed by atoms with Crippen molar-refractivity contribution in [2.45, 2.75) is 24.8 Å². The number of para-hydroxylation sites is 2. The maximum absolute atomic E-state index is 12.1. The summed E-state index contributed by atoms with van der Waals surface area (Å²) >= 11 is 0. The van der Waals surface area contributed by atoms with Gasteiger partial charge in [0.15, 0.2) is 0 Å². The molecule has 1 aromatic carbocycles. The molecule has 112 valence electrons. The molecule has 0 unspecified atom stereocenters. The topological polar surface area (TPSA) is 59.6 Å². The van der Waals surface area contributed by atoms with E-state index in [0.29, 0.717) is 18.0 Å². The molecule has 2 rings (SSSR count). The van der Waals surface area contributed by atoms with Gasteiger partial charge >= 0.3 is 6.03 Å². The molecule has 0 saturated heterocycles. The summed E-state index contributed by atoms with van der Waals surface area (Å²) in [6.07, 6.45) is 8.15. The minimum Gasteiger partial charge on any atom is -0.479 e. The molecule has 5 nitrogen and oxygen atoms in total. The number of amides is 2. The Hall–Kier alpha value is -2.19. The maximum atomic E-state index is 12.1. The van der Waals surface area contributed by atoms with Crippen molar-refractivity contribution >= 4 is 11.7 Å². The number of carbonyl (C=O) groups excluding carboxylic acids is 1. The highest BCUT2D eigenvalue weighted by molar-refractivity contribution is 5.91. The van der Waals surface area contributed by atoms with Crippen LogP contribution in [0, 0.1) is 12.3 Å². The molecule has 0 spiro atoms. The molecule has 1 fully saturated rings. The van der Waals surface area contributed by atoms with Gasteiger partial charge in [-0.2, -0.15) is 0 Å². The van der Waals surface area contributed by atoms with Crippen molar-refractivity contribution in [3.63, 3.8) is 0 Å². The summed E-state index contributed by atoms with van der Waals surface area (Å²) in [6.45, 7) is 0.684. The Labute approximate surface area is 125 Å². The van der Waals surface area contributed by atoms with Gasteiger partial charge in [-0.05, 0) is 31.4 Å². The molecule has 0 radical (unpaired) electrons. The number of urea groups is 1. The van der Waals surface area contributed by atoms with Crippen LogP contribution in [0.4, 0.5) is 10.5 Å². The summed E-state index contributed by atoms with van der Waals surface area (Å²) in [7, 11) is 1.64. The number of benzene rings is 1. The SMILES string of the molecule is C#CCOc1ccccc1NC(=O)NC1(COC)CCC1. The zero-order chi connectivity index (χ0) is 15.1. The predicted molar refractivity (Wildman–Crippen MR) is 81.4 cm³/mol. The number of carbonyl (C=O) groups is 1. The van der Waals surface area contributed by atoms with Gasteiger partial charge in [-0.25, -0.2) is 4.79 Å². The summed E-state index contributed by atoms with van der Waals surface area (Å²) < 4.78 is 10.6. The Morgan fingerprint density at radius 3 is 2.81 bits per heavy atom. The van der Waals surface area contributed by atoms with E-state index in [1.165, 1.54) is 0 Å². The van der Waals surface area contributed by atoms with Crippen molar-refractivity contribution in [1.29, 1.82) is 0 Å². The first-order valence-corrected chi connectivity index (χ1v) is 6.92. The van der Waals surface area contributed by atoms with E-state index >= 15 is 0 Å². The summed E-state index contributed by atoms with van der Waals surface area (Å²) in [5.41, 5.74) is 0.352. The van der Waals surface area contributed by atoms with E-state index in [0.717, 1.165) is 19.3 Å². The molecule has 1 aromatic rings. The Bertz CT molecular complexity index is 533. The van der Waals surface area contributed by atoms with Crippen LogP contribution in [0.25, 0.3) is 0 Å². The average Bonchev–Trinajstić information content (AvgIpc) is 2.44. The molecule has 1 aliphatic carbocycles. The van der Waals surface area contributed by atoms with Gasteiger partial charge in [-0.3, -0.25) is 0 Å². The lowest BCUT2D eigenvalue weighted by atomic mass is 9.77. The van der Waals surface area contributed by atoms with Crippen LogP contribution in [0.3, 0.4) is 0 Å². The van der Waals surface area contributed by atoms with Crippen LogP contribution >= 0.6 is 0 Å². The summed E-state index contributed by atoms with van der Waals surface area (Å²) in [6, 6.07) is 6.93. The van der Waals surface area contributed by atoms with Gasteiger partial charge in [0.2, 0.25) is 0 Å². The van der Waals surface area contributed by atoms with Crippen molar-refractivity contribution in [1.82, 2.24) is 5.32 Å². The maximum Gasteiger partial charge on any atom is 0.319 e. The fourth-order valence-electron chi connectivity index (χ4n) is 2.39. The summed E-state index contributed by atoms with van der Waals surface area (Å²) in [4.78, 5) is 12.1. The van der Waals surface area contributed by atoms with Crippen LogP contribution in [0.1, 0.15) is 19.3 Å². The Morgan fingerprint density at radius 2 is 2.19 bits per heavy atom. The van der Waals surface area contributed by atoms with Gasteiger partial charge < -0.3 is 20.1 Å². The van der Waals surface area contributed by atoms with E-state index in [1.54, 1.807) is 19.2 Å². The third-order valence-electron chi connectivity index (χ3n) is 3.56. The fourth-order valence-corrected chi connectivity index (χ4v) is 2.39. The van der Waals surface area contributed by atoms with Crippen LogP contribution in [0.2, 0.25) is 0 Å². The Kier molecular flexibility index (Phi) is 5.07. The summed E-state index contributed by atoms with van der Waals surface area (Å²) in [5.74, 6) is 2.96. The van der Waals surface area contributed by atoms with E-state index in [4.69, 9.17) is 15.9 Å². The van der Waals surface area contributed by atoms with Crippen LogP contribution in [-0.4, -0.2) is 31.9 Å². The van der Waals surface area contributed by atoms with Crippen molar-refractivity contribution < 1.29 is 14.3 Å². The molecule has 2 N–H and O–H groups in total. The Morgan fingerprint density at radius 1 is 1.43 bits per heavy atom. The quantitative estimate of drug-likeness (QED) is 0.790. The molecule has 0 heterocycles. The molecular formula is C16H20N2O3. The molecule has 5 heteroatoms. The highest BCUT2D eigenvalue weighted by Gasteiger charge is 2.38. The van der Waals surface area contributed by atoms with Gasteiger partial charge in [-0.1, -0.05) is 18.1 Å². The fraction of sp³-hybridized carbons (Fsp3) is 0.438. The standard InChI is InChI=1S/C16H20N2O3/c1-3-11-21-14-8-5-4-7-13(14)17-15(19)18-16(12-20-2)9-6-10-16/h1,4-5,7-8H,6,9-12H2,2H3,(H2,17,18,19). The molecule has 0 aliphatic heterocycles. The van der Waals surface area contributed by atoms with Gasteiger partial charge in [0.05, 0.1) is 17.8 Å². The van der Waals surface area contributed by atoms with E-state index in [2.05, 4.69) is 16.6 Å². The number of nitrogens with one attached hydrogen (secondary N) is 2. The van der Waals surface area contributed by atoms with Gasteiger partial charge in [0, 0.05) is 7.11 Å². The van der Waals surface area contributed by atoms with Crippen LogP contribution in [0.15, 0.2) is 24.3 Å². The second-order valence-corrected chi connectivity index (χ2v) is 5.13. The minimum absolute atomic E-state index is 0.161. The van der Waals surface area contributed by atoms with Crippen LogP contribution < -0.4 is 15.4 Å². The lowest BCUT2D eigenvalue weighted by Gasteiger charge is -2.41.